The Morgan fingerprint density at radius 1 is 1.21 bits per heavy atom. The topological polar surface area (TPSA) is 32.3 Å². The summed E-state index contributed by atoms with van der Waals surface area (Å²) in [6, 6.07) is 13.2. The van der Waals surface area contributed by atoms with Gasteiger partial charge in [-0.1, -0.05) is 41.9 Å². The lowest BCUT2D eigenvalue weighted by Crippen LogP contribution is -2.40. The second-order valence-corrected chi connectivity index (χ2v) is 9.10. The van der Waals surface area contributed by atoms with Gasteiger partial charge in [-0.25, -0.2) is 4.39 Å². The molecule has 1 heterocycles. The van der Waals surface area contributed by atoms with Gasteiger partial charge in [0.05, 0.1) is 0 Å². The van der Waals surface area contributed by atoms with E-state index < -0.39 is 0 Å². The highest BCUT2D eigenvalue weighted by atomic mass is 35.5. The van der Waals surface area contributed by atoms with Gasteiger partial charge in [-0.3, -0.25) is 9.69 Å². The summed E-state index contributed by atoms with van der Waals surface area (Å²) in [5.74, 6) is 1.83. The molecule has 0 saturated carbocycles. The highest BCUT2D eigenvalue weighted by Crippen LogP contribution is 2.22. The van der Waals surface area contributed by atoms with Crippen LogP contribution >= 0.6 is 23.4 Å². The molecule has 1 aliphatic heterocycles. The summed E-state index contributed by atoms with van der Waals surface area (Å²) < 4.78 is 14.0. The number of amides is 1. The third kappa shape index (κ3) is 6.73. The molecule has 0 aliphatic carbocycles. The van der Waals surface area contributed by atoms with E-state index in [0.717, 1.165) is 37.4 Å². The number of hydrogen-bond donors (Lipinski definition) is 1. The minimum atomic E-state index is -0.263. The van der Waals surface area contributed by atoms with Gasteiger partial charge in [0.2, 0.25) is 5.91 Å². The molecule has 3 nitrogen and oxygen atoms in total. The largest absolute Gasteiger partial charge is 0.355 e. The number of halogens is 2. The van der Waals surface area contributed by atoms with Gasteiger partial charge in [0.1, 0.15) is 5.82 Å². The number of thioether (sulfide) groups is 1. The number of carbonyl (C=O) groups excluding carboxylic acids is 1. The zero-order chi connectivity index (χ0) is 20.6. The lowest BCUT2D eigenvalue weighted by Gasteiger charge is -2.31. The van der Waals surface area contributed by atoms with Crippen LogP contribution in [-0.4, -0.2) is 36.2 Å². The molecule has 29 heavy (non-hydrogen) atoms. The Balaban J connectivity index is 1.33. The first-order chi connectivity index (χ1) is 14.0. The average molecular weight is 435 g/mol. The fourth-order valence-corrected chi connectivity index (χ4v) is 4.68. The van der Waals surface area contributed by atoms with E-state index in [4.69, 9.17) is 11.6 Å². The number of nitrogens with one attached hydrogen (secondary N) is 1. The molecule has 3 rings (SSSR count). The van der Waals surface area contributed by atoms with E-state index in [2.05, 4.69) is 41.4 Å². The van der Waals surface area contributed by atoms with Crippen molar-refractivity contribution in [1.29, 1.82) is 0 Å². The predicted octanol–water partition coefficient (Wildman–Crippen LogP) is 5.05. The normalized spacial score (nSPS) is 15.4. The quantitative estimate of drug-likeness (QED) is 0.590. The van der Waals surface area contributed by atoms with Gasteiger partial charge < -0.3 is 5.32 Å². The minimum absolute atomic E-state index is 0.0580. The molecule has 1 saturated heterocycles. The molecule has 1 N–H and O–H groups in total. The summed E-state index contributed by atoms with van der Waals surface area (Å²) >= 11 is 7.66. The number of likely N-dealkylation sites (tertiary alicyclic amines) is 1. The van der Waals surface area contributed by atoms with E-state index in [1.54, 1.807) is 12.1 Å². The molecule has 6 heteroatoms. The fraction of sp³-hybridized carbons (Fsp3) is 0.435. The monoisotopic (exact) mass is 434 g/mol. The Bertz CT molecular complexity index is 824. The predicted molar refractivity (Wildman–Crippen MR) is 120 cm³/mol. The second kappa shape index (κ2) is 11.0. The van der Waals surface area contributed by atoms with Crippen molar-refractivity contribution in [2.75, 3.05) is 25.4 Å². The van der Waals surface area contributed by atoms with Gasteiger partial charge in [0.15, 0.2) is 0 Å². The van der Waals surface area contributed by atoms with Crippen LogP contribution in [0.2, 0.25) is 5.02 Å². The zero-order valence-electron chi connectivity index (χ0n) is 16.8. The van der Waals surface area contributed by atoms with Crippen molar-refractivity contribution < 1.29 is 9.18 Å². The van der Waals surface area contributed by atoms with Crippen LogP contribution in [0.25, 0.3) is 0 Å². The number of carbonyl (C=O) groups is 1. The third-order valence-electron chi connectivity index (χ3n) is 5.43. The SMILES string of the molecule is Cc1ccccc1CSCCNC(=O)C1CCN(Cc2ccc(Cl)cc2F)CC1. The molecule has 1 aliphatic rings. The molecular formula is C23H28ClFN2OS. The van der Waals surface area contributed by atoms with Gasteiger partial charge >= 0.3 is 0 Å². The van der Waals surface area contributed by atoms with Crippen molar-refractivity contribution in [1.82, 2.24) is 10.2 Å². The molecule has 156 valence electrons. The zero-order valence-corrected chi connectivity index (χ0v) is 18.4. The van der Waals surface area contributed by atoms with Crippen molar-refractivity contribution in [3.63, 3.8) is 0 Å². The molecule has 2 aromatic carbocycles. The van der Waals surface area contributed by atoms with Crippen molar-refractivity contribution in [3.8, 4) is 0 Å². The highest BCUT2D eigenvalue weighted by Gasteiger charge is 2.25. The second-order valence-electron chi connectivity index (χ2n) is 7.56. The maximum Gasteiger partial charge on any atom is 0.223 e. The number of rotatable bonds is 8. The summed E-state index contributed by atoms with van der Waals surface area (Å²) in [6.07, 6.45) is 1.63. The molecule has 0 bridgehead atoms. The van der Waals surface area contributed by atoms with Gasteiger partial charge in [-0.2, -0.15) is 11.8 Å². The third-order valence-corrected chi connectivity index (χ3v) is 6.67. The van der Waals surface area contributed by atoms with Gasteiger partial charge in [0.25, 0.3) is 0 Å². The summed E-state index contributed by atoms with van der Waals surface area (Å²) in [6.45, 7) is 5.01. The lowest BCUT2D eigenvalue weighted by molar-refractivity contribution is -0.126. The van der Waals surface area contributed by atoms with Crippen LogP contribution in [0.3, 0.4) is 0 Å². The Hall–Kier alpha value is -1.56. The first kappa shape index (κ1) is 22.1. The standard InChI is InChI=1S/C23H28ClFN2OS/c1-17-4-2-3-5-20(17)16-29-13-10-26-23(28)18-8-11-27(12-9-18)15-19-6-7-21(24)14-22(19)25/h2-7,14,18H,8-13,15-16H2,1H3,(H,26,28). The molecule has 0 spiro atoms. The van der Waals surface area contributed by atoms with E-state index in [9.17, 15) is 9.18 Å². The first-order valence-electron chi connectivity index (χ1n) is 10.1. The molecule has 0 unspecified atom stereocenters. The van der Waals surface area contributed by atoms with E-state index in [-0.39, 0.29) is 17.6 Å². The highest BCUT2D eigenvalue weighted by molar-refractivity contribution is 7.98. The van der Waals surface area contributed by atoms with Crippen LogP contribution < -0.4 is 5.32 Å². The summed E-state index contributed by atoms with van der Waals surface area (Å²) in [4.78, 5) is 14.6. The van der Waals surface area contributed by atoms with Crippen LogP contribution in [0.1, 0.15) is 29.5 Å². The van der Waals surface area contributed by atoms with Crippen LogP contribution in [0.15, 0.2) is 42.5 Å². The van der Waals surface area contributed by atoms with Crippen molar-refractivity contribution in [2.45, 2.75) is 32.1 Å². The summed E-state index contributed by atoms with van der Waals surface area (Å²) in [5, 5.41) is 3.50. The molecule has 2 aromatic rings. The van der Waals surface area contributed by atoms with Gasteiger partial charge in [-0.15, -0.1) is 0 Å². The average Bonchev–Trinajstić information content (AvgIpc) is 2.71. The Morgan fingerprint density at radius 2 is 1.97 bits per heavy atom. The number of hydrogen-bond acceptors (Lipinski definition) is 3. The number of benzene rings is 2. The molecular weight excluding hydrogens is 407 g/mol. The van der Waals surface area contributed by atoms with Gasteiger partial charge in [-0.05, 0) is 56.1 Å². The Morgan fingerprint density at radius 3 is 2.69 bits per heavy atom. The summed E-state index contributed by atoms with van der Waals surface area (Å²) in [5.41, 5.74) is 3.32. The number of nitrogens with zero attached hydrogens (tertiary/aromatic N) is 1. The van der Waals surface area contributed by atoms with E-state index in [1.807, 2.05) is 11.8 Å². The maximum absolute atomic E-state index is 14.0. The van der Waals surface area contributed by atoms with E-state index in [1.165, 1.54) is 17.2 Å². The van der Waals surface area contributed by atoms with E-state index >= 15 is 0 Å². The van der Waals surface area contributed by atoms with Gasteiger partial charge in [0, 0.05) is 41.1 Å². The molecule has 1 fully saturated rings. The molecule has 0 radical (unpaired) electrons. The number of aryl methyl sites for hydroxylation is 1. The Labute approximate surface area is 182 Å². The smallest absolute Gasteiger partial charge is 0.223 e. The van der Waals surface area contributed by atoms with E-state index in [0.29, 0.717) is 23.7 Å². The van der Waals surface area contributed by atoms with Crippen LogP contribution in [0, 0.1) is 18.7 Å². The van der Waals surface area contributed by atoms with Crippen molar-refractivity contribution >= 4 is 29.3 Å². The van der Waals surface area contributed by atoms with Crippen molar-refractivity contribution in [2.24, 2.45) is 5.92 Å². The number of piperidine rings is 1. The maximum atomic E-state index is 14.0. The minimum Gasteiger partial charge on any atom is -0.355 e. The first-order valence-corrected chi connectivity index (χ1v) is 11.6. The molecule has 1 amide bonds. The lowest BCUT2D eigenvalue weighted by atomic mass is 9.95. The van der Waals surface area contributed by atoms with Crippen LogP contribution in [-0.2, 0) is 17.1 Å². The fourth-order valence-electron chi connectivity index (χ4n) is 3.59. The van der Waals surface area contributed by atoms with Crippen LogP contribution in [0.5, 0.6) is 0 Å². The Kier molecular flexibility index (Phi) is 8.40. The summed E-state index contributed by atoms with van der Waals surface area (Å²) in [7, 11) is 0. The molecule has 0 atom stereocenters. The molecule has 0 aromatic heterocycles. The van der Waals surface area contributed by atoms with Crippen molar-refractivity contribution in [3.05, 3.63) is 70.0 Å². The van der Waals surface area contributed by atoms with Crippen LogP contribution in [0.4, 0.5) is 4.39 Å².